The summed E-state index contributed by atoms with van der Waals surface area (Å²) < 4.78 is 16.1. The van der Waals surface area contributed by atoms with Crippen LogP contribution in [0.2, 0.25) is 5.02 Å². The van der Waals surface area contributed by atoms with Gasteiger partial charge in [-0.05, 0) is 0 Å². The molecule has 1 saturated carbocycles. The molecule has 3 atom stereocenters. The third-order valence-corrected chi connectivity index (χ3v) is 2.99. The van der Waals surface area contributed by atoms with Gasteiger partial charge in [0.05, 0.1) is 30.5 Å². The molecule has 1 heterocycles. The number of aromatic nitrogens is 1. The molecule has 0 aliphatic heterocycles. The molecule has 2 rings (SSSR count). The summed E-state index contributed by atoms with van der Waals surface area (Å²) in [5.74, 6) is 0.583. The Kier molecular flexibility index (Phi) is 4.77. The first-order valence-electron chi connectivity index (χ1n) is 5.76. The Hall–Kier alpha value is -0.880. The fraction of sp³-hybridized carbons (Fsp3) is 0.583. The second-order valence-corrected chi connectivity index (χ2v) is 4.56. The van der Waals surface area contributed by atoms with Crippen LogP contribution in [-0.2, 0) is 9.47 Å². The minimum atomic E-state index is -0.487. The number of rotatable bonds is 6. The number of halogens is 1. The molecule has 6 heteroatoms. The Labute approximate surface area is 111 Å². The largest absolute Gasteiger partial charge is 0.486 e. The molecule has 1 N–H and O–H groups in total. The number of aliphatic hydroxyl groups excluding tert-OH is 1. The standard InChI is InChI=1S/C12H16ClNO4/c1-16-2-3-17-12-10(15)5-11(12)18-9-4-8(13)6-14-7-9/h4,6-7,10-12,15H,2-3,5H2,1H3. The average molecular weight is 274 g/mol. The smallest absolute Gasteiger partial charge is 0.139 e. The predicted octanol–water partition coefficient (Wildman–Crippen LogP) is 1.28. The van der Waals surface area contributed by atoms with Crippen LogP contribution in [0.25, 0.3) is 0 Å². The Morgan fingerprint density at radius 3 is 2.94 bits per heavy atom. The first-order valence-corrected chi connectivity index (χ1v) is 6.14. The Morgan fingerprint density at radius 2 is 2.28 bits per heavy atom. The fourth-order valence-electron chi connectivity index (χ4n) is 1.79. The van der Waals surface area contributed by atoms with E-state index in [0.717, 1.165) is 0 Å². The van der Waals surface area contributed by atoms with Gasteiger partial charge in [-0.25, -0.2) is 0 Å². The second kappa shape index (κ2) is 6.33. The maximum Gasteiger partial charge on any atom is 0.139 e. The van der Waals surface area contributed by atoms with Crippen LogP contribution in [0.1, 0.15) is 6.42 Å². The van der Waals surface area contributed by atoms with E-state index in [-0.39, 0.29) is 12.2 Å². The summed E-state index contributed by atoms with van der Waals surface area (Å²) in [4.78, 5) is 3.93. The van der Waals surface area contributed by atoms with Crippen LogP contribution in [0.5, 0.6) is 5.75 Å². The van der Waals surface area contributed by atoms with Crippen molar-refractivity contribution in [3.05, 3.63) is 23.5 Å². The molecule has 0 aromatic carbocycles. The maximum absolute atomic E-state index is 9.62. The van der Waals surface area contributed by atoms with Gasteiger partial charge in [0.1, 0.15) is 18.0 Å². The highest BCUT2D eigenvalue weighted by atomic mass is 35.5. The van der Waals surface area contributed by atoms with Crippen molar-refractivity contribution in [3.63, 3.8) is 0 Å². The third kappa shape index (κ3) is 3.32. The molecule has 0 amide bonds. The van der Waals surface area contributed by atoms with Crippen molar-refractivity contribution < 1.29 is 19.3 Å². The van der Waals surface area contributed by atoms with Crippen LogP contribution < -0.4 is 4.74 Å². The Balaban J connectivity index is 1.85. The lowest BCUT2D eigenvalue weighted by molar-refractivity contribution is -0.167. The number of methoxy groups -OCH3 is 1. The topological polar surface area (TPSA) is 60.8 Å². The van der Waals surface area contributed by atoms with Gasteiger partial charge >= 0.3 is 0 Å². The molecule has 0 bridgehead atoms. The Morgan fingerprint density at radius 1 is 1.44 bits per heavy atom. The molecule has 1 aromatic heterocycles. The fourth-order valence-corrected chi connectivity index (χ4v) is 1.95. The summed E-state index contributed by atoms with van der Waals surface area (Å²) in [7, 11) is 1.60. The van der Waals surface area contributed by atoms with Gasteiger partial charge in [0.25, 0.3) is 0 Å². The number of nitrogens with zero attached hydrogens (tertiary/aromatic N) is 1. The molecule has 5 nitrogen and oxygen atoms in total. The van der Waals surface area contributed by atoms with Crippen LogP contribution in [-0.4, -0.2) is 48.7 Å². The number of hydrogen-bond donors (Lipinski definition) is 1. The number of hydrogen-bond acceptors (Lipinski definition) is 5. The highest BCUT2D eigenvalue weighted by Gasteiger charge is 2.42. The third-order valence-electron chi connectivity index (χ3n) is 2.78. The monoisotopic (exact) mass is 273 g/mol. The van der Waals surface area contributed by atoms with Crippen molar-refractivity contribution in [1.82, 2.24) is 4.98 Å². The lowest BCUT2D eigenvalue weighted by Gasteiger charge is -2.40. The van der Waals surface area contributed by atoms with Crippen molar-refractivity contribution in [2.45, 2.75) is 24.7 Å². The van der Waals surface area contributed by atoms with Gasteiger partial charge in [-0.15, -0.1) is 0 Å². The van der Waals surface area contributed by atoms with Crippen LogP contribution in [0.3, 0.4) is 0 Å². The van der Waals surface area contributed by atoms with E-state index in [2.05, 4.69) is 4.98 Å². The van der Waals surface area contributed by atoms with Crippen molar-refractivity contribution in [3.8, 4) is 5.75 Å². The van der Waals surface area contributed by atoms with Crippen molar-refractivity contribution in [2.75, 3.05) is 20.3 Å². The first-order chi connectivity index (χ1) is 8.70. The van der Waals surface area contributed by atoms with Crippen molar-refractivity contribution in [2.24, 2.45) is 0 Å². The number of aliphatic hydroxyl groups is 1. The molecule has 18 heavy (non-hydrogen) atoms. The highest BCUT2D eigenvalue weighted by Crippen LogP contribution is 2.29. The van der Waals surface area contributed by atoms with Gasteiger partial charge in [0, 0.05) is 25.8 Å². The van der Waals surface area contributed by atoms with E-state index < -0.39 is 6.10 Å². The predicted molar refractivity (Wildman–Crippen MR) is 65.9 cm³/mol. The lowest BCUT2D eigenvalue weighted by Crippen LogP contribution is -2.55. The summed E-state index contributed by atoms with van der Waals surface area (Å²) >= 11 is 5.82. The quantitative estimate of drug-likeness (QED) is 0.791. The van der Waals surface area contributed by atoms with Crippen molar-refractivity contribution >= 4 is 11.6 Å². The molecule has 0 saturated heterocycles. The molecule has 0 radical (unpaired) electrons. The van der Waals surface area contributed by atoms with E-state index in [4.69, 9.17) is 25.8 Å². The maximum atomic E-state index is 9.62. The van der Waals surface area contributed by atoms with Crippen LogP contribution in [0.15, 0.2) is 18.5 Å². The van der Waals surface area contributed by atoms with E-state index in [9.17, 15) is 5.11 Å². The summed E-state index contributed by atoms with van der Waals surface area (Å²) in [5.41, 5.74) is 0. The zero-order valence-electron chi connectivity index (χ0n) is 10.1. The van der Waals surface area contributed by atoms with E-state index in [0.29, 0.717) is 30.4 Å². The molecule has 1 aromatic rings. The molecule has 3 unspecified atom stereocenters. The lowest BCUT2D eigenvalue weighted by atomic mass is 9.88. The summed E-state index contributed by atoms with van der Waals surface area (Å²) in [6, 6.07) is 1.69. The average Bonchev–Trinajstić information content (AvgIpc) is 2.34. The van der Waals surface area contributed by atoms with Gasteiger partial charge in [-0.1, -0.05) is 11.6 Å². The Bertz CT molecular complexity index is 390. The van der Waals surface area contributed by atoms with Gasteiger partial charge < -0.3 is 19.3 Å². The zero-order valence-corrected chi connectivity index (χ0v) is 10.8. The molecule has 100 valence electrons. The summed E-state index contributed by atoms with van der Waals surface area (Å²) in [6.07, 6.45) is 2.69. The molecular weight excluding hydrogens is 258 g/mol. The van der Waals surface area contributed by atoms with Crippen LogP contribution >= 0.6 is 11.6 Å². The number of pyridine rings is 1. The van der Waals surface area contributed by atoms with E-state index in [1.165, 1.54) is 6.20 Å². The van der Waals surface area contributed by atoms with E-state index in [1.54, 1.807) is 19.4 Å². The van der Waals surface area contributed by atoms with Crippen LogP contribution in [0.4, 0.5) is 0 Å². The van der Waals surface area contributed by atoms with Crippen LogP contribution in [0, 0.1) is 0 Å². The minimum absolute atomic E-state index is 0.169. The molecular formula is C12H16ClNO4. The normalized spacial score (nSPS) is 26.7. The highest BCUT2D eigenvalue weighted by molar-refractivity contribution is 6.30. The summed E-state index contributed by atoms with van der Waals surface area (Å²) in [6.45, 7) is 0.931. The zero-order chi connectivity index (χ0) is 13.0. The molecule has 1 aliphatic carbocycles. The minimum Gasteiger partial charge on any atom is -0.486 e. The first kappa shape index (κ1) is 13.5. The molecule has 0 spiro atoms. The molecule has 1 aliphatic rings. The van der Waals surface area contributed by atoms with Gasteiger partial charge in [-0.2, -0.15) is 0 Å². The van der Waals surface area contributed by atoms with Gasteiger partial charge in [-0.3, -0.25) is 4.98 Å². The molecule has 1 fully saturated rings. The van der Waals surface area contributed by atoms with Gasteiger partial charge in [0.2, 0.25) is 0 Å². The number of ether oxygens (including phenoxy) is 3. The van der Waals surface area contributed by atoms with E-state index in [1.807, 2.05) is 0 Å². The summed E-state index contributed by atoms with van der Waals surface area (Å²) in [5, 5.41) is 10.1. The second-order valence-electron chi connectivity index (χ2n) is 4.13. The van der Waals surface area contributed by atoms with Gasteiger partial charge in [0.15, 0.2) is 0 Å². The SMILES string of the molecule is COCCOC1C(O)CC1Oc1cncc(Cl)c1. The van der Waals surface area contributed by atoms with E-state index >= 15 is 0 Å². The van der Waals surface area contributed by atoms with Crippen molar-refractivity contribution in [1.29, 1.82) is 0 Å².